The first-order valence-electron chi connectivity index (χ1n) is 10.7. The molecule has 0 bridgehead atoms. The lowest BCUT2D eigenvalue weighted by Crippen LogP contribution is -2.21. The number of carbonyl (C=O) groups excluding carboxylic acids is 1. The van der Waals surface area contributed by atoms with Gasteiger partial charge in [-0.1, -0.05) is 49.3 Å². The molecule has 4 rings (SSSR count). The zero-order chi connectivity index (χ0) is 23.2. The third-order valence-corrected chi connectivity index (χ3v) is 4.90. The average Bonchev–Trinajstić information content (AvgIpc) is 3.31. The van der Waals surface area contributed by atoms with Crippen LogP contribution in [0, 0.1) is 6.92 Å². The molecule has 33 heavy (non-hydrogen) atoms. The van der Waals surface area contributed by atoms with Crippen molar-refractivity contribution in [1.82, 2.24) is 10.1 Å². The van der Waals surface area contributed by atoms with Crippen LogP contribution >= 0.6 is 0 Å². The molecule has 0 unspecified atom stereocenters. The van der Waals surface area contributed by atoms with Crippen LogP contribution in [-0.4, -0.2) is 22.7 Å². The number of aryl methyl sites for hydroxylation is 1. The van der Waals surface area contributed by atoms with Crippen LogP contribution in [0.25, 0.3) is 11.5 Å². The molecule has 0 saturated heterocycles. The molecule has 7 nitrogen and oxygen atoms in total. The molecule has 0 spiro atoms. The summed E-state index contributed by atoms with van der Waals surface area (Å²) in [6, 6.07) is 22.3. The Morgan fingerprint density at radius 2 is 1.64 bits per heavy atom. The molecular formula is C26H25N3O4. The number of amides is 1. The van der Waals surface area contributed by atoms with Crippen molar-refractivity contribution in [3.8, 4) is 28.7 Å². The Kier molecular flexibility index (Phi) is 6.69. The minimum absolute atomic E-state index is 0.142. The minimum atomic E-state index is -0.293. The molecule has 3 aromatic carbocycles. The highest BCUT2D eigenvalue weighted by Crippen LogP contribution is 2.30. The third kappa shape index (κ3) is 5.57. The molecule has 0 aliphatic carbocycles. The second kappa shape index (κ2) is 9.99. The summed E-state index contributed by atoms with van der Waals surface area (Å²) in [7, 11) is 0. The standard InChI is InChI=1S/C26H25N3O4/c1-17(2)25-28-26(33-29-25)22-11-7-8-18(3)24(22)27-23(30)16-31-19-12-14-21(15-13-19)32-20-9-5-4-6-10-20/h4-15,17H,16H2,1-3H3,(H,27,30). The smallest absolute Gasteiger partial charge is 0.262 e. The van der Waals surface area contributed by atoms with Gasteiger partial charge in [0, 0.05) is 5.92 Å². The number of aromatic nitrogens is 2. The molecule has 0 saturated carbocycles. The summed E-state index contributed by atoms with van der Waals surface area (Å²) in [5.41, 5.74) is 2.18. The Morgan fingerprint density at radius 3 is 2.33 bits per heavy atom. The summed E-state index contributed by atoms with van der Waals surface area (Å²) in [5, 5.41) is 6.93. The predicted octanol–water partition coefficient (Wildman–Crippen LogP) is 5.98. The number of anilines is 1. The SMILES string of the molecule is Cc1cccc(-c2nc(C(C)C)no2)c1NC(=O)COc1ccc(Oc2ccccc2)cc1. The lowest BCUT2D eigenvalue weighted by molar-refractivity contribution is -0.118. The van der Waals surface area contributed by atoms with Gasteiger partial charge in [0.15, 0.2) is 12.4 Å². The Morgan fingerprint density at radius 1 is 0.939 bits per heavy atom. The number of carbonyl (C=O) groups is 1. The van der Waals surface area contributed by atoms with E-state index in [1.807, 2.05) is 69.3 Å². The Bertz CT molecular complexity index is 1220. The Hall–Kier alpha value is -4.13. The molecule has 0 aliphatic heterocycles. The Labute approximate surface area is 192 Å². The normalized spacial score (nSPS) is 10.8. The quantitative estimate of drug-likeness (QED) is 0.361. The largest absolute Gasteiger partial charge is 0.484 e. The summed E-state index contributed by atoms with van der Waals surface area (Å²) in [4.78, 5) is 17.1. The third-order valence-electron chi connectivity index (χ3n) is 4.90. The highest BCUT2D eigenvalue weighted by molar-refractivity contribution is 5.96. The van der Waals surface area contributed by atoms with Crippen molar-refractivity contribution < 1.29 is 18.8 Å². The summed E-state index contributed by atoms with van der Waals surface area (Å²) >= 11 is 0. The van der Waals surface area contributed by atoms with Gasteiger partial charge >= 0.3 is 0 Å². The first kappa shape index (κ1) is 22.1. The van der Waals surface area contributed by atoms with Crippen LogP contribution in [0.1, 0.15) is 31.2 Å². The van der Waals surface area contributed by atoms with Gasteiger partial charge in [0.05, 0.1) is 11.3 Å². The van der Waals surface area contributed by atoms with Gasteiger partial charge in [-0.3, -0.25) is 4.79 Å². The molecule has 168 valence electrons. The van der Waals surface area contributed by atoms with Crippen molar-refractivity contribution in [2.75, 3.05) is 11.9 Å². The van der Waals surface area contributed by atoms with Gasteiger partial charge in [-0.15, -0.1) is 0 Å². The number of rotatable bonds is 8. The van der Waals surface area contributed by atoms with Gasteiger partial charge in [-0.05, 0) is 55.0 Å². The first-order valence-corrected chi connectivity index (χ1v) is 10.7. The fourth-order valence-corrected chi connectivity index (χ4v) is 3.14. The molecular weight excluding hydrogens is 418 g/mol. The summed E-state index contributed by atoms with van der Waals surface area (Å²) in [6.45, 7) is 5.75. The van der Waals surface area contributed by atoms with E-state index < -0.39 is 0 Å². The van der Waals surface area contributed by atoms with E-state index in [-0.39, 0.29) is 18.4 Å². The first-order chi connectivity index (χ1) is 16.0. The average molecular weight is 444 g/mol. The van der Waals surface area contributed by atoms with Crippen molar-refractivity contribution in [1.29, 1.82) is 0 Å². The van der Waals surface area contributed by atoms with E-state index in [4.69, 9.17) is 14.0 Å². The van der Waals surface area contributed by atoms with Crippen LogP contribution in [0.15, 0.2) is 77.3 Å². The van der Waals surface area contributed by atoms with E-state index in [0.29, 0.717) is 34.5 Å². The molecule has 7 heteroatoms. The van der Waals surface area contributed by atoms with Crippen LogP contribution in [-0.2, 0) is 4.79 Å². The van der Waals surface area contributed by atoms with Crippen LogP contribution in [0.4, 0.5) is 5.69 Å². The van der Waals surface area contributed by atoms with Gasteiger partial charge < -0.3 is 19.3 Å². The van der Waals surface area contributed by atoms with E-state index in [0.717, 1.165) is 11.3 Å². The molecule has 0 atom stereocenters. The van der Waals surface area contributed by atoms with Crippen LogP contribution < -0.4 is 14.8 Å². The van der Waals surface area contributed by atoms with Crippen molar-refractivity contribution in [3.63, 3.8) is 0 Å². The zero-order valence-corrected chi connectivity index (χ0v) is 18.7. The highest BCUT2D eigenvalue weighted by atomic mass is 16.5. The number of nitrogens with one attached hydrogen (secondary N) is 1. The topological polar surface area (TPSA) is 86.5 Å². The summed E-state index contributed by atoms with van der Waals surface area (Å²) < 4.78 is 16.8. The summed E-state index contributed by atoms with van der Waals surface area (Å²) in [6.07, 6.45) is 0. The van der Waals surface area contributed by atoms with Crippen molar-refractivity contribution in [2.24, 2.45) is 0 Å². The second-order valence-electron chi connectivity index (χ2n) is 7.83. The molecule has 1 N–H and O–H groups in total. The molecule has 1 heterocycles. The van der Waals surface area contributed by atoms with Crippen LogP contribution in [0.3, 0.4) is 0 Å². The van der Waals surface area contributed by atoms with Gasteiger partial charge in [0.2, 0.25) is 0 Å². The van der Waals surface area contributed by atoms with E-state index in [1.165, 1.54) is 0 Å². The maximum atomic E-state index is 12.6. The maximum absolute atomic E-state index is 12.6. The van der Waals surface area contributed by atoms with E-state index in [1.54, 1.807) is 24.3 Å². The van der Waals surface area contributed by atoms with E-state index in [9.17, 15) is 4.79 Å². The molecule has 1 aromatic heterocycles. The van der Waals surface area contributed by atoms with E-state index >= 15 is 0 Å². The number of hydrogen-bond donors (Lipinski definition) is 1. The number of nitrogens with zero attached hydrogens (tertiary/aromatic N) is 2. The van der Waals surface area contributed by atoms with Crippen LogP contribution in [0.5, 0.6) is 17.2 Å². The van der Waals surface area contributed by atoms with Gasteiger partial charge in [-0.2, -0.15) is 4.98 Å². The minimum Gasteiger partial charge on any atom is -0.484 e. The zero-order valence-electron chi connectivity index (χ0n) is 18.7. The number of benzene rings is 3. The van der Waals surface area contributed by atoms with Crippen molar-refractivity contribution in [2.45, 2.75) is 26.7 Å². The molecule has 4 aromatic rings. The lowest BCUT2D eigenvalue weighted by atomic mass is 10.1. The van der Waals surface area contributed by atoms with Gasteiger partial charge in [0.25, 0.3) is 11.8 Å². The molecule has 0 fully saturated rings. The number of para-hydroxylation sites is 2. The highest BCUT2D eigenvalue weighted by Gasteiger charge is 2.18. The van der Waals surface area contributed by atoms with Crippen LogP contribution in [0.2, 0.25) is 0 Å². The van der Waals surface area contributed by atoms with Gasteiger partial charge in [-0.25, -0.2) is 0 Å². The summed E-state index contributed by atoms with van der Waals surface area (Å²) in [5.74, 6) is 2.83. The fourth-order valence-electron chi connectivity index (χ4n) is 3.14. The second-order valence-corrected chi connectivity index (χ2v) is 7.83. The van der Waals surface area contributed by atoms with Crippen molar-refractivity contribution >= 4 is 11.6 Å². The van der Waals surface area contributed by atoms with Gasteiger partial charge in [0.1, 0.15) is 17.2 Å². The molecule has 0 radical (unpaired) electrons. The monoisotopic (exact) mass is 443 g/mol. The lowest BCUT2D eigenvalue weighted by Gasteiger charge is -2.12. The number of hydrogen-bond acceptors (Lipinski definition) is 6. The number of ether oxygens (including phenoxy) is 2. The maximum Gasteiger partial charge on any atom is 0.262 e. The van der Waals surface area contributed by atoms with Crippen molar-refractivity contribution in [3.05, 3.63) is 84.2 Å². The molecule has 0 aliphatic rings. The Balaban J connectivity index is 1.39. The molecule has 1 amide bonds. The van der Waals surface area contributed by atoms with E-state index in [2.05, 4.69) is 15.5 Å². The predicted molar refractivity (Wildman–Crippen MR) is 126 cm³/mol. The fraction of sp³-hybridized carbons (Fsp3) is 0.192.